The SMILES string of the molecule is CC(C)(CC(N)=O)NC(=O)NC1CCCC1(C)C(=O)O. The van der Waals surface area contributed by atoms with E-state index in [0.29, 0.717) is 12.8 Å². The summed E-state index contributed by atoms with van der Waals surface area (Å²) >= 11 is 0. The van der Waals surface area contributed by atoms with E-state index < -0.39 is 34.9 Å². The van der Waals surface area contributed by atoms with Gasteiger partial charge >= 0.3 is 12.0 Å². The first-order valence-electron chi connectivity index (χ1n) is 6.67. The van der Waals surface area contributed by atoms with Crippen LogP contribution >= 0.6 is 0 Å². The number of hydrogen-bond donors (Lipinski definition) is 4. The van der Waals surface area contributed by atoms with Gasteiger partial charge in [0.1, 0.15) is 0 Å². The molecule has 0 aromatic carbocycles. The van der Waals surface area contributed by atoms with Crippen LogP contribution in [0.2, 0.25) is 0 Å². The number of rotatable bonds is 5. The van der Waals surface area contributed by atoms with Crippen LogP contribution in [0.15, 0.2) is 0 Å². The Hall–Kier alpha value is -1.79. The summed E-state index contributed by atoms with van der Waals surface area (Å²) in [4.78, 5) is 34.2. The molecule has 2 unspecified atom stereocenters. The molecule has 0 saturated heterocycles. The van der Waals surface area contributed by atoms with Crippen LogP contribution in [0.1, 0.15) is 46.5 Å². The summed E-state index contributed by atoms with van der Waals surface area (Å²) in [6, 6.07) is -0.889. The Morgan fingerprint density at radius 2 is 2.00 bits per heavy atom. The Balaban J connectivity index is 2.63. The molecule has 0 aromatic rings. The number of nitrogens with one attached hydrogen (secondary N) is 2. The molecule has 2 atom stereocenters. The molecule has 114 valence electrons. The number of nitrogens with two attached hydrogens (primary N) is 1. The maximum atomic E-state index is 11.9. The Kier molecular flexibility index (Phi) is 4.62. The standard InChI is InChI=1S/C13H23N3O4/c1-12(2,7-9(14)17)16-11(20)15-8-5-4-6-13(8,3)10(18)19/h8H,4-7H2,1-3H3,(H2,14,17)(H,18,19)(H2,15,16,20). The van der Waals surface area contributed by atoms with Gasteiger partial charge in [-0.05, 0) is 33.6 Å². The zero-order valence-corrected chi connectivity index (χ0v) is 12.2. The average molecular weight is 285 g/mol. The normalized spacial score (nSPS) is 26.1. The number of carbonyl (C=O) groups excluding carboxylic acids is 2. The first-order valence-corrected chi connectivity index (χ1v) is 6.67. The lowest BCUT2D eigenvalue weighted by molar-refractivity contribution is -0.148. The predicted octanol–water partition coefficient (Wildman–Crippen LogP) is 0.583. The van der Waals surface area contributed by atoms with Gasteiger partial charge < -0.3 is 21.5 Å². The largest absolute Gasteiger partial charge is 0.481 e. The van der Waals surface area contributed by atoms with Crippen molar-refractivity contribution in [2.45, 2.75) is 58.0 Å². The topological polar surface area (TPSA) is 122 Å². The molecule has 20 heavy (non-hydrogen) atoms. The fourth-order valence-corrected chi connectivity index (χ4v) is 2.64. The number of carbonyl (C=O) groups is 3. The first-order chi connectivity index (χ1) is 9.07. The second kappa shape index (κ2) is 5.68. The van der Waals surface area contributed by atoms with Crippen molar-refractivity contribution in [3.8, 4) is 0 Å². The van der Waals surface area contributed by atoms with Crippen molar-refractivity contribution in [3.05, 3.63) is 0 Å². The zero-order chi connectivity index (χ0) is 15.6. The van der Waals surface area contributed by atoms with E-state index in [-0.39, 0.29) is 6.42 Å². The molecule has 7 nitrogen and oxygen atoms in total. The van der Waals surface area contributed by atoms with Crippen LogP contribution in [0, 0.1) is 5.41 Å². The van der Waals surface area contributed by atoms with Crippen LogP contribution in [-0.4, -0.2) is 34.6 Å². The van der Waals surface area contributed by atoms with Crippen molar-refractivity contribution < 1.29 is 19.5 Å². The summed E-state index contributed by atoms with van der Waals surface area (Å²) in [6.45, 7) is 5.01. The van der Waals surface area contributed by atoms with E-state index in [4.69, 9.17) is 5.73 Å². The van der Waals surface area contributed by atoms with E-state index >= 15 is 0 Å². The Morgan fingerprint density at radius 1 is 1.40 bits per heavy atom. The summed E-state index contributed by atoms with van der Waals surface area (Å²) in [6.07, 6.45) is 1.95. The fourth-order valence-electron chi connectivity index (χ4n) is 2.64. The van der Waals surface area contributed by atoms with Crippen LogP contribution in [0.3, 0.4) is 0 Å². The lowest BCUT2D eigenvalue weighted by Crippen LogP contribution is -2.55. The first kappa shape index (κ1) is 16.3. The van der Waals surface area contributed by atoms with Gasteiger partial charge in [0.2, 0.25) is 5.91 Å². The third-order valence-corrected chi connectivity index (χ3v) is 3.82. The minimum Gasteiger partial charge on any atom is -0.481 e. The predicted molar refractivity (Wildman–Crippen MR) is 72.9 cm³/mol. The molecule has 0 radical (unpaired) electrons. The minimum absolute atomic E-state index is 0.0152. The molecule has 1 rings (SSSR count). The van der Waals surface area contributed by atoms with Gasteiger partial charge in [-0.15, -0.1) is 0 Å². The third kappa shape index (κ3) is 3.85. The van der Waals surface area contributed by atoms with Gasteiger partial charge in [-0.1, -0.05) is 6.42 Å². The summed E-state index contributed by atoms with van der Waals surface area (Å²) in [5.74, 6) is -1.41. The van der Waals surface area contributed by atoms with Crippen LogP contribution in [0.25, 0.3) is 0 Å². The molecular weight excluding hydrogens is 262 g/mol. The highest BCUT2D eigenvalue weighted by Crippen LogP contribution is 2.38. The smallest absolute Gasteiger partial charge is 0.315 e. The summed E-state index contributed by atoms with van der Waals surface area (Å²) in [7, 11) is 0. The number of amides is 3. The number of urea groups is 1. The molecule has 1 aliphatic carbocycles. The minimum atomic E-state index is -0.939. The lowest BCUT2D eigenvalue weighted by atomic mass is 9.85. The third-order valence-electron chi connectivity index (χ3n) is 3.82. The Morgan fingerprint density at radius 3 is 2.50 bits per heavy atom. The van der Waals surface area contributed by atoms with Gasteiger partial charge in [0.05, 0.1) is 5.41 Å². The maximum Gasteiger partial charge on any atom is 0.315 e. The highest BCUT2D eigenvalue weighted by Gasteiger charge is 2.46. The zero-order valence-electron chi connectivity index (χ0n) is 12.2. The second-order valence-electron chi connectivity index (χ2n) is 6.29. The van der Waals surface area contributed by atoms with Gasteiger partial charge in [0, 0.05) is 18.0 Å². The average Bonchev–Trinajstić information content (AvgIpc) is 2.58. The van der Waals surface area contributed by atoms with Crippen LogP contribution in [-0.2, 0) is 9.59 Å². The molecule has 1 aliphatic rings. The molecule has 0 spiro atoms. The van der Waals surface area contributed by atoms with Crippen molar-refractivity contribution in [1.29, 1.82) is 0 Å². The van der Waals surface area contributed by atoms with Crippen molar-refractivity contribution in [3.63, 3.8) is 0 Å². The molecule has 0 aromatic heterocycles. The van der Waals surface area contributed by atoms with Crippen molar-refractivity contribution in [2.75, 3.05) is 0 Å². The Bertz CT molecular complexity index is 422. The molecule has 3 amide bonds. The molecule has 7 heteroatoms. The molecular formula is C13H23N3O4. The number of aliphatic carboxylic acids is 1. The molecule has 0 heterocycles. The summed E-state index contributed by atoms with van der Waals surface area (Å²) in [5, 5.41) is 14.6. The van der Waals surface area contributed by atoms with Gasteiger partial charge in [-0.25, -0.2) is 4.79 Å². The van der Waals surface area contributed by atoms with E-state index in [1.54, 1.807) is 20.8 Å². The van der Waals surface area contributed by atoms with Crippen LogP contribution in [0.5, 0.6) is 0 Å². The molecule has 1 saturated carbocycles. The van der Waals surface area contributed by atoms with Gasteiger partial charge in [0.25, 0.3) is 0 Å². The number of primary amides is 1. The number of hydrogen-bond acceptors (Lipinski definition) is 3. The molecule has 5 N–H and O–H groups in total. The van der Waals surface area contributed by atoms with E-state index in [0.717, 1.165) is 6.42 Å². The Labute approximate surface area is 118 Å². The summed E-state index contributed by atoms with van der Waals surface area (Å²) < 4.78 is 0. The van der Waals surface area contributed by atoms with E-state index in [1.165, 1.54) is 0 Å². The highest BCUT2D eigenvalue weighted by atomic mass is 16.4. The van der Waals surface area contributed by atoms with E-state index in [9.17, 15) is 19.5 Å². The number of carboxylic acids is 1. The fraction of sp³-hybridized carbons (Fsp3) is 0.769. The maximum absolute atomic E-state index is 11.9. The monoisotopic (exact) mass is 285 g/mol. The molecule has 0 bridgehead atoms. The van der Waals surface area contributed by atoms with Crippen LogP contribution < -0.4 is 16.4 Å². The van der Waals surface area contributed by atoms with E-state index in [2.05, 4.69) is 10.6 Å². The van der Waals surface area contributed by atoms with Crippen molar-refractivity contribution in [1.82, 2.24) is 10.6 Å². The quantitative estimate of drug-likeness (QED) is 0.590. The second-order valence-corrected chi connectivity index (χ2v) is 6.29. The number of carboxylic acid groups (broad SMARTS) is 1. The lowest BCUT2D eigenvalue weighted by Gasteiger charge is -2.30. The van der Waals surface area contributed by atoms with E-state index in [1.807, 2.05) is 0 Å². The van der Waals surface area contributed by atoms with Crippen molar-refractivity contribution >= 4 is 17.9 Å². The van der Waals surface area contributed by atoms with Gasteiger partial charge in [0.15, 0.2) is 0 Å². The van der Waals surface area contributed by atoms with Crippen molar-refractivity contribution in [2.24, 2.45) is 11.1 Å². The van der Waals surface area contributed by atoms with Crippen LogP contribution in [0.4, 0.5) is 4.79 Å². The molecule has 0 aliphatic heterocycles. The van der Waals surface area contributed by atoms with Gasteiger partial charge in [-0.3, -0.25) is 9.59 Å². The summed E-state index contributed by atoms with van der Waals surface area (Å²) in [5.41, 5.74) is 3.40. The highest BCUT2D eigenvalue weighted by molar-refractivity contribution is 5.81. The molecule has 1 fully saturated rings. The van der Waals surface area contributed by atoms with Gasteiger partial charge in [-0.2, -0.15) is 0 Å².